The van der Waals surface area contributed by atoms with Gasteiger partial charge in [-0.1, -0.05) is 6.07 Å². The molecule has 3 N–H and O–H groups in total. The highest BCUT2D eigenvalue weighted by molar-refractivity contribution is 9.11. The normalized spacial score (nSPS) is 10.3. The molecule has 2 aromatic rings. The van der Waals surface area contributed by atoms with E-state index in [9.17, 15) is 0 Å². The van der Waals surface area contributed by atoms with E-state index in [1.165, 1.54) is 5.56 Å². The summed E-state index contributed by atoms with van der Waals surface area (Å²) in [5.41, 5.74) is 8.44. The minimum atomic E-state index is 0.630. The second kappa shape index (κ2) is 5.06. The van der Waals surface area contributed by atoms with E-state index in [2.05, 4.69) is 42.2 Å². The second-order valence-electron chi connectivity index (χ2n) is 3.71. The number of nitrogens with two attached hydrogens (primary N) is 1. The zero-order chi connectivity index (χ0) is 12.4. The Balaban J connectivity index is 2.31. The molecule has 0 bridgehead atoms. The van der Waals surface area contributed by atoms with Gasteiger partial charge in [0.1, 0.15) is 5.82 Å². The minimum absolute atomic E-state index is 0.630. The highest BCUT2D eigenvalue weighted by Crippen LogP contribution is 2.29. The Labute approximate surface area is 117 Å². The summed E-state index contributed by atoms with van der Waals surface area (Å²) in [7, 11) is 0. The summed E-state index contributed by atoms with van der Waals surface area (Å²) in [5, 5.41) is 3.23. The van der Waals surface area contributed by atoms with Gasteiger partial charge in [0.15, 0.2) is 0 Å². The van der Waals surface area contributed by atoms with Crippen LogP contribution in [-0.2, 0) is 0 Å². The zero-order valence-electron chi connectivity index (χ0n) is 9.17. The first kappa shape index (κ1) is 12.4. The number of hydrogen-bond donors (Lipinski definition) is 2. The van der Waals surface area contributed by atoms with Crippen LogP contribution in [0.4, 0.5) is 17.2 Å². The lowest BCUT2D eigenvalue weighted by Gasteiger charge is -2.10. The molecule has 1 aromatic carbocycles. The Hall–Kier alpha value is -1.07. The predicted octanol–water partition coefficient (Wildman–Crippen LogP) is 4.24. The van der Waals surface area contributed by atoms with Crippen molar-refractivity contribution in [3.63, 3.8) is 0 Å². The van der Waals surface area contributed by atoms with Crippen molar-refractivity contribution in [2.24, 2.45) is 0 Å². The average Bonchev–Trinajstić information content (AvgIpc) is 2.25. The molecule has 0 amide bonds. The Kier molecular flexibility index (Phi) is 3.69. The van der Waals surface area contributed by atoms with Gasteiger partial charge in [0.2, 0.25) is 0 Å². The molecule has 0 spiro atoms. The van der Waals surface area contributed by atoms with Crippen LogP contribution in [-0.4, -0.2) is 4.98 Å². The number of hydrogen-bond acceptors (Lipinski definition) is 3. The smallest absolute Gasteiger partial charge is 0.144 e. The Morgan fingerprint density at radius 1 is 1.18 bits per heavy atom. The van der Waals surface area contributed by atoms with Gasteiger partial charge in [-0.2, -0.15) is 0 Å². The molecule has 1 heterocycles. The van der Waals surface area contributed by atoms with Crippen LogP contribution in [0.15, 0.2) is 39.4 Å². The number of nitrogen functional groups attached to an aromatic ring is 1. The topological polar surface area (TPSA) is 50.9 Å². The first-order valence-electron chi connectivity index (χ1n) is 5.00. The number of pyridine rings is 1. The monoisotopic (exact) mass is 355 g/mol. The molecule has 5 heteroatoms. The van der Waals surface area contributed by atoms with E-state index in [4.69, 9.17) is 5.73 Å². The number of rotatable bonds is 2. The summed E-state index contributed by atoms with van der Waals surface area (Å²) >= 11 is 6.94. The van der Waals surface area contributed by atoms with Crippen molar-refractivity contribution in [1.82, 2.24) is 4.98 Å². The molecule has 0 saturated heterocycles. The largest absolute Gasteiger partial charge is 0.397 e. The van der Waals surface area contributed by atoms with Crippen LogP contribution in [0.1, 0.15) is 5.56 Å². The third-order valence-electron chi connectivity index (χ3n) is 2.24. The van der Waals surface area contributed by atoms with Crippen molar-refractivity contribution in [2.75, 3.05) is 11.1 Å². The van der Waals surface area contributed by atoms with Crippen LogP contribution >= 0.6 is 31.9 Å². The number of benzene rings is 1. The number of anilines is 3. The van der Waals surface area contributed by atoms with E-state index in [1.54, 1.807) is 6.20 Å². The van der Waals surface area contributed by atoms with Crippen LogP contribution in [0.5, 0.6) is 0 Å². The predicted molar refractivity (Wildman–Crippen MR) is 78.5 cm³/mol. The van der Waals surface area contributed by atoms with E-state index >= 15 is 0 Å². The summed E-state index contributed by atoms with van der Waals surface area (Å²) in [6, 6.07) is 7.91. The van der Waals surface area contributed by atoms with E-state index in [1.807, 2.05) is 31.2 Å². The summed E-state index contributed by atoms with van der Waals surface area (Å²) in [6.07, 6.45) is 1.62. The minimum Gasteiger partial charge on any atom is -0.397 e. The number of halogens is 2. The maximum absolute atomic E-state index is 5.64. The maximum Gasteiger partial charge on any atom is 0.144 e. The van der Waals surface area contributed by atoms with Gasteiger partial charge in [-0.05, 0) is 62.5 Å². The van der Waals surface area contributed by atoms with Crippen molar-refractivity contribution in [1.29, 1.82) is 0 Å². The van der Waals surface area contributed by atoms with Gasteiger partial charge < -0.3 is 11.1 Å². The number of nitrogens with one attached hydrogen (secondary N) is 1. The van der Waals surface area contributed by atoms with Crippen molar-refractivity contribution < 1.29 is 0 Å². The summed E-state index contributed by atoms with van der Waals surface area (Å²) in [5.74, 6) is 0.740. The fraction of sp³-hybridized carbons (Fsp3) is 0.0833. The molecule has 0 aliphatic carbocycles. The van der Waals surface area contributed by atoms with Gasteiger partial charge in [0, 0.05) is 4.47 Å². The van der Waals surface area contributed by atoms with Crippen molar-refractivity contribution >= 4 is 49.1 Å². The average molecular weight is 357 g/mol. The standard InChI is InChI=1S/C12H11Br2N3/c1-7-2-3-11(9(13)4-7)17-12-10(14)5-8(15)6-16-12/h2-6H,15H2,1H3,(H,16,17). The van der Waals surface area contributed by atoms with Gasteiger partial charge in [-0.15, -0.1) is 0 Å². The van der Waals surface area contributed by atoms with Crippen molar-refractivity contribution in [3.8, 4) is 0 Å². The van der Waals surface area contributed by atoms with E-state index in [-0.39, 0.29) is 0 Å². The Morgan fingerprint density at radius 2 is 1.94 bits per heavy atom. The molecule has 0 aliphatic rings. The third kappa shape index (κ3) is 2.98. The highest BCUT2D eigenvalue weighted by atomic mass is 79.9. The number of aromatic nitrogens is 1. The molecule has 3 nitrogen and oxygen atoms in total. The Bertz CT molecular complexity index is 506. The van der Waals surface area contributed by atoms with Gasteiger partial charge in [-0.3, -0.25) is 0 Å². The molecule has 0 fully saturated rings. The van der Waals surface area contributed by atoms with Crippen LogP contribution in [0, 0.1) is 6.92 Å². The molecule has 0 saturated carbocycles. The van der Waals surface area contributed by atoms with Crippen molar-refractivity contribution in [2.45, 2.75) is 6.92 Å². The van der Waals surface area contributed by atoms with Crippen LogP contribution < -0.4 is 11.1 Å². The van der Waals surface area contributed by atoms with Gasteiger partial charge >= 0.3 is 0 Å². The van der Waals surface area contributed by atoms with Crippen LogP contribution in [0.3, 0.4) is 0 Å². The fourth-order valence-electron chi connectivity index (χ4n) is 1.39. The number of nitrogens with zero attached hydrogens (tertiary/aromatic N) is 1. The van der Waals surface area contributed by atoms with E-state index in [0.29, 0.717) is 5.69 Å². The lowest BCUT2D eigenvalue weighted by molar-refractivity contribution is 1.29. The van der Waals surface area contributed by atoms with Gasteiger partial charge in [0.25, 0.3) is 0 Å². The van der Waals surface area contributed by atoms with Crippen LogP contribution in [0.2, 0.25) is 0 Å². The van der Waals surface area contributed by atoms with E-state index < -0.39 is 0 Å². The molecule has 1 aromatic heterocycles. The highest BCUT2D eigenvalue weighted by Gasteiger charge is 2.05. The molecular weight excluding hydrogens is 346 g/mol. The summed E-state index contributed by atoms with van der Waals surface area (Å²) in [6.45, 7) is 2.05. The zero-order valence-corrected chi connectivity index (χ0v) is 12.3. The molecule has 2 rings (SSSR count). The maximum atomic E-state index is 5.64. The molecule has 0 unspecified atom stereocenters. The first-order valence-corrected chi connectivity index (χ1v) is 6.59. The molecule has 0 atom stereocenters. The summed E-state index contributed by atoms with van der Waals surface area (Å²) in [4.78, 5) is 4.23. The molecule has 0 aliphatic heterocycles. The van der Waals surface area contributed by atoms with Gasteiger partial charge in [0.05, 0.1) is 22.0 Å². The van der Waals surface area contributed by atoms with Crippen LogP contribution in [0.25, 0.3) is 0 Å². The van der Waals surface area contributed by atoms with Crippen molar-refractivity contribution in [3.05, 3.63) is 45.0 Å². The lowest BCUT2D eigenvalue weighted by atomic mass is 10.2. The van der Waals surface area contributed by atoms with E-state index in [0.717, 1.165) is 20.5 Å². The Morgan fingerprint density at radius 3 is 2.59 bits per heavy atom. The lowest BCUT2D eigenvalue weighted by Crippen LogP contribution is -1.97. The first-order chi connectivity index (χ1) is 8.06. The SMILES string of the molecule is Cc1ccc(Nc2ncc(N)cc2Br)c(Br)c1. The second-order valence-corrected chi connectivity index (χ2v) is 5.42. The molecule has 0 radical (unpaired) electrons. The summed E-state index contributed by atoms with van der Waals surface area (Å²) < 4.78 is 1.84. The van der Waals surface area contributed by atoms with Gasteiger partial charge in [-0.25, -0.2) is 4.98 Å². The molecule has 88 valence electrons. The molecule has 17 heavy (non-hydrogen) atoms. The quantitative estimate of drug-likeness (QED) is 0.846. The number of aryl methyl sites for hydroxylation is 1. The fourth-order valence-corrected chi connectivity index (χ4v) is 2.45. The third-order valence-corrected chi connectivity index (χ3v) is 3.50. The molecular formula is C12H11Br2N3.